The predicted molar refractivity (Wildman–Crippen MR) is 63.1 cm³/mol. The van der Waals surface area contributed by atoms with Crippen LogP contribution in [0.3, 0.4) is 0 Å². The number of aryl methyl sites for hydroxylation is 1. The summed E-state index contributed by atoms with van der Waals surface area (Å²) in [6.45, 7) is 2.93. The van der Waals surface area contributed by atoms with Crippen LogP contribution in [0.25, 0.3) is 0 Å². The molecule has 0 bridgehead atoms. The highest BCUT2D eigenvalue weighted by atomic mass is 32.1. The first-order chi connectivity index (χ1) is 7.24. The van der Waals surface area contributed by atoms with E-state index >= 15 is 0 Å². The van der Waals surface area contributed by atoms with E-state index in [1.165, 1.54) is 37.2 Å². The average molecular weight is 226 g/mol. The Morgan fingerprint density at radius 2 is 2.13 bits per heavy atom. The molecule has 0 unspecified atom stereocenters. The van der Waals surface area contributed by atoms with Crippen molar-refractivity contribution in [2.75, 3.05) is 11.9 Å². The Kier molecular flexibility index (Phi) is 3.53. The molecular weight excluding hydrogens is 208 g/mol. The van der Waals surface area contributed by atoms with Gasteiger partial charge < -0.3 is 11.1 Å². The zero-order valence-corrected chi connectivity index (χ0v) is 9.89. The number of aromatic nitrogens is 2. The highest BCUT2D eigenvalue weighted by Crippen LogP contribution is 2.23. The van der Waals surface area contributed by atoms with Crippen molar-refractivity contribution in [3.8, 4) is 0 Å². The summed E-state index contributed by atoms with van der Waals surface area (Å²) in [6.07, 6.45) is 4.82. The van der Waals surface area contributed by atoms with E-state index in [-0.39, 0.29) is 0 Å². The predicted octanol–water partition coefficient (Wildman–Crippen LogP) is 1.78. The summed E-state index contributed by atoms with van der Waals surface area (Å²) >= 11 is 1.44. The second-order valence-electron chi connectivity index (χ2n) is 4.31. The summed E-state index contributed by atoms with van der Waals surface area (Å²) < 4.78 is 4.14. The first-order valence-electron chi connectivity index (χ1n) is 5.54. The SMILES string of the molecule is Cc1nsc(NCC2CCC(N)CC2)n1. The van der Waals surface area contributed by atoms with Crippen LogP contribution in [0.2, 0.25) is 0 Å². The molecule has 1 fully saturated rings. The molecule has 0 radical (unpaired) electrons. The van der Waals surface area contributed by atoms with Crippen molar-refractivity contribution in [3.05, 3.63) is 5.82 Å². The van der Waals surface area contributed by atoms with E-state index in [0.29, 0.717) is 6.04 Å². The van der Waals surface area contributed by atoms with Crippen molar-refractivity contribution in [3.63, 3.8) is 0 Å². The lowest BCUT2D eigenvalue weighted by molar-refractivity contribution is 0.339. The molecule has 1 aromatic heterocycles. The fraction of sp³-hybridized carbons (Fsp3) is 0.800. The first kappa shape index (κ1) is 10.8. The molecular formula is C10H18N4S. The lowest BCUT2D eigenvalue weighted by Crippen LogP contribution is -2.29. The molecule has 1 heterocycles. The van der Waals surface area contributed by atoms with Gasteiger partial charge in [-0.15, -0.1) is 0 Å². The molecule has 0 aliphatic heterocycles. The smallest absolute Gasteiger partial charge is 0.202 e. The highest BCUT2D eigenvalue weighted by Gasteiger charge is 2.18. The minimum absolute atomic E-state index is 0.435. The molecule has 84 valence electrons. The van der Waals surface area contributed by atoms with E-state index in [1.54, 1.807) is 0 Å². The standard InChI is InChI=1S/C10H18N4S/c1-7-13-10(15-14-7)12-6-8-2-4-9(11)5-3-8/h8-9H,2-6,11H2,1H3,(H,12,13,14). The second-order valence-corrected chi connectivity index (χ2v) is 5.06. The van der Waals surface area contributed by atoms with Gasteiger partial charge in [0, 0.05) is 24.1 Å². The fourth-order valence-electron chi connectivity index (χ4n) is 1.99. The normalized spacial score (nSPS) is 26.5. The average Bonchev–Trinajstić information content (AvgIpc) is 2.64. The lowest BCUT2D eigenvalue weighted by atomic mass is 9.86. The van der Waals surface area contributed by atoms with E-state index in [2.05, 4.69) is 14.7 Å². The summed E-state index contributed by atoms with van der Waals surface area (Å²) in [5.74, 6) is 1.61. The van der Waals surface area contributed by atoms with Gasteiger partial charge in [0.1, 0.15) is 5.82 Å². The van der Waals surface area contributed by atoms with Gasteiger partial charge >= 0.3 is 0 Å². The lowest BCUT2D eigenvalue weighted by Gasteiger charge is -2.25. The number of nitrogens with one attached hydrogen (secondary N) is 1. The van der Waals surface area contributed by atoms with Crippen molar-refractivity contribution in [1.29, 1.82) is 0 Å². The van der Waals surface area contributed by atoms with Crippen molar-refractivity contribution in [2.24, 2.45) is 11.7 Å². The van der Waals surface area contributed by atoms with E-state index in [4.69, 9.17) is 5.73 Å². The number of nitrogens with two attached hydrogens (primary N) is 1. The van der Waals surface area contributed by atoms with Crippen LogP contribution in [-0.2, 0) is 0 Å². The quantitative estimate of drug-likeness (QED) is 0.824. The highest BCUT2D eigenvalue weighted by molar-refractivity contribution is 7.09. The zero-order chi connectivity index (χ0) is 10.7. The first-order valence-corrected chi connectivity index (χ1v) is 6.31. The number of hydrogen-bond donors (Lipinski definition) is 2. The minimum atomic E-state index is 0.435. The number of hydrogen-bond acceptors (Lipinski definition) is 5. The molecule has 5 heteroatoms. The fourth-order valence-corrected chi connectivity index (χ4v) is 2.57. The van der Waals surface area contributed by atoms with Crippen molar-refractivity contribution >= 4 is 16.7 Å². The topological polar surface area (TPSA) is 63.8 Å². The van der Waals surface area contributed by atoms with Crippen molar-refractivity contribution < 1.29 is 0 Å². The Bertz CT molecular complexity index is 304. The van der Waals surface area contributed by atoms with Gasteiger partial charge in [0.2, 0.25) is 5.13 Å². The van der Waals surface area contributed by atoms with Gasteiger partial charge in [0.05, 0.1) is 0 Å². The van der Waals surface area contributed by atoms with Gasteiger partial charge in [-0.1, -0.05) is 0 Å². The van der Waals surface area contributed by atoms with E-state index in [0.717, 1.165) is 23.4 Å². The Morgan fingerprint density at radius 3 is 2.73 bits per heavy atom. The van der Waals surface area contributed by atoms with Gasteiger partial charge in [-0.05, 0) is 38.5 Å². The van der Waals surface area contributed by atoms with Crippen LogP contribution < -0.4 is 11.1 Å². The Labute approximate surface area is 94.5 Å². The molecule has 3 N–H and O–H groups in total. The monoisotopic (exact) mass is 226 g/mol. The molecule has 1 aromatic rings. The number of nitrogens with zero attached hydrogens (tertiary/aromatic N) is 2. The van der Waals surface area contributed by atoms with Gasteiger partial charge in [0.25, 0.3) is 0 Å². The van der Waals surface area contributed by atoms with Crippen LogP contribution in [-0.4, -0.2) is 21.9 Å². The van der Waals surface area contributed by atoms with Gasteiger partial charge in [-0.2, -0.15) is 4.37 Å². The summed E-state index contributed by atoms with van der Waals surface area (Å²) in [6, 6.07) is 0.435. The maximum absolute atomic E-state index is 5.87. The van der Waals surface area contributed by atoms with E-state index in [9.17, 15) is 0 Å². The van der Waals surface area contributed by atoms with Crippen LogP contribution in [0.1, 0.15) is 31.5 Å². The third-order valence-corrected chi connectivity index (χ3v) is 3.73. The summed E-state index contributed by atoms with van der Waals surface area (Å²) in [4.78, 5) is 4.28. The molecule has 0 spiro atoms. The third-order valence-electron chi connectivity index (χ3n) is 2.96. The number of rotatable bonds is 3. The molecule has 4 nitrogen and oxygen atoms in total. The van der Waals surface area contributed by atoms with E-state index in [1.807, 2.05) is 6.92 Å². The Morgan fingerprint density at radius 1 is 1.40 bits per heavy atom. The number of anilines is 1. The van der Waals surface area contributed by atoms with Gasteiger partial charge in [0.15, 0.2) is 0 Å². The van der Waals surface area contributed by atoms with Crippen LogP contribution in [0, 0.1) is 12.8 Å². The largest absolute Gasteiger partial charge is 0.360 e. The third kappa shape index (κ3) is 3.14. The van der Waals surface area contributed by atoms with Crippen molar-refractivity contribution in [1.82, 2.24) is 9.36 Å². The van der Waals surface area contributed by atoms with Gasteiger partial charge in [-0.25, -0.2) is 4.98 Å². The molecule has 1 saturated carbocycles. The molecule has 0 amide bonds. The molecule has 2 rings (SSSR count). The van der Waals surface area contributed by atoms with Crippen LogP contribution in [0.15, 0.2) is 0 Å². The Hall–Kier alpha value is -0.680. The molecule has 1 aliphatic rings. The molecule has 0 saturated heterocycles. The molecule has 15 heavy (non-hydrogen) atoms. The van der Waals surface area contributed by atoms with E-state index < -0.39 is 0 Å². The zero-order valence-electron chi connectivity index (χ0n) is 9.07. The maximum Gasteiger partial charge on any atom is 0.202 e. The van der Waals surface area contributed by atoms with Crippen molar-refractivity contribution in [2.45, 2.75) is 38.6 Å². The maximum atomic E-state index is 5.87. The van der Waals surface area contributed by atoms with Crippen LogP contribution >= 0.6 is 11.5 Å². The second kappa shape index (κ2) is 4.90. The minimum Gasteiger partial charge on any atom is -0.360 e. The van der Waals surface area contributed by atoms with Gasteiger partial charge in [-0.3, -0.25) is 0 Å². The summed E-state index contributed by atoms with van der Waals surface area (Å²) in [5.41, 5.74) is 5.87. The molecule has 0 aromatic carbocycles. The molecule has 1 aliphatic carbocycles. The van der Waals surface area contributed by atoms with Crippen LogP contribution in [0.5, 0.6) is 0 Å². The summed E-state index contributed by atoms with van der Waals surface area (Å²) in [5, 5.41) is 4.30. The summed E-state index contributed by atoms with van der Waals surface area (Å²) in [7, 11) is 0. The van der Waals surface area contributed by atoms with Crippen LogP contribution in [0.4, 0.5) is 5.13 Å². The molecule has 0 atom stereocenters. The Balaban J connectivity index is 1.74.